The molecule has 0 radical (unpaired) electrons. The van der Waals surface area contributed by atoms with Crippen molar-refractivity contribution in [2.75, 3.05) is 25.5 Å². The van der Waals surface area contributed by atoms with Crippen molar-refractivity contribution in [3.05, 3.63) is 59.7 Å². The van der Waals surface area contributed by atoms with Gasteiger partial charge in [0.05, 0.1) is 6.61 Å². The Bertz CT molecular complexity index is 870. The van der Waals surface area contributed by atoms with E-state index in [1.807, 2.05) is 36.4 Å². The Hall–Kier alpha value is -2.29. The van der Waals surface area contributed by atoms with Gasteiger partial charge in [0, 0.05) is 38.2 Å². The fraction of sp³-hybridized carbons (Fsp3) is 0.391. The number of amides is 1. The van der Waals surface area contributed by atoms with Crippen LogP contribution in [0.25, 0.3) is 0 Å². The summed E-state index contributed by atoms with van der Waals surface area (Å²) in [5, 5.41) is 9.62. The van der Waals surface area contributed by atoms with Crippen LogP contribution in [0.15, 0.2) is 53.5 Å². The second kappa shape index (κ2) is 11.8. The maximum atomic E-state index is 12.0. The van der Waals surface area contributed by atoms with Gasteiger partial charge < -0.3 is 20.7 Å². The van der Waals surface area contributed by atoms with Gasteiger partial charge in [-0.25, -0.2) is 0 Å². The number of anilines is 1. The molecule has 1 aliphatic heterocycles. The Kier molecular flexibility index (Phi) is 9.42. The van der Waals surface area contributed by atoms with E-state index in [1.54, 1.807) is 7.05 Å². The number of nitrogens with zero attached hydrogens (tertiary/aromatic N) is 1. The molecule has 1 heterocycles. The highest BCUT2D eigenvalue weighted by molar-refractivity contribution is 14.0. The number of para-hydroxylation sites is 1. The number of halogens is 1. The summed E-state index contributed by atoms with van der Waals surface area (Å²) < 4.78 is 5.80. The molecule has 0 aliphatic carbocycles. The van der Waals surface area contributed by atoms with Crippen LogP contribution >= 0.6 is 24.0 Å². The molecule has 7 heteroatoms. The predicted molar refractivity (Wildman–Crippen MR) is 133 cm³/mol. The molecule has 6 nitrogen and oxygen atoms in total. The monoisotopic (exact) mass is 522 g/mol. The average Bonchev–Trinajstić information content (AvgIpc) is 2.72. The van der Waals surface area contributed by atoms with Crippen LogP contribution in [0.5, 0.6) is 5.75 Å². The number of rotatable bonds is 7. The van der Waals surface area contributed by atoms with Crippen LogP contribution in [-0.4, -0.2) is 32.1 Å². The minimum absolute atomic E-state index is 0. The van der Waals surface area contributed by atoms with E-state index in [9.17, 15) is 4.79 Å². The zero-order valence-corrected chi connectivity index (χ0v) is 20.1. The summed E-state index contributed by atoms with van der Waals surface area (Å²) in [6.07, 6.45) is 0.468. The number of carbonyl (C=O) groups is 1. The highest BCUT2D eigenvalue weighted by Gasteiger charge is 2.24. The molecule has 162 valence electrons. The number of fused-ring (bicyclic) bond motifs is 1. The van der Waals surface area contributed by atoms with Gasteiger partial charge in [-0.2, -0.15) is 0 Å². The first kappa shape index (κ1) is 24.0. The van der Waals surface area contributed by atoms with Gasteiger partial charge in [0.15, 0.2) is 5.96 Å². The van der Waals surface area contributed by atoms with Gasteiger partial charge >= 0.3 is 0 Å². The average molecular weight is 522 g/mol. The standard InChI is InChI=1S/C23H30N4O2.HI/c1-16(2)15-29-19-8-6-7-17(11-19)13-25-23(24-3)26-14-18-12-22(28)27-21-10-5-4-9-20(18)21;/h4-11,16,18H,12-15H2,1-3H3,(H,27,28)(H2,24,25,26);1H. The topological polar surface area (TPSA) is 74.8 Å². The quantitative estimate of drug-likeness (QED) is 0.291. The molecule has 3 rings (SSSR count). The van der Waals surface area contributed by atoms with Crippen molar-refractivity contribution in [1.82, 2.24) is 10.6 Å². The van der Waals surface area contributed by atoms with E-state index in [1.165, 1.54) is 0 Å². The molecule has 0 saturated carbocycles. The number of carbonyl (C=O) groups excluding carboxylic acids is 1. The Morgan fingerprint density at radius 3 is 2.77 bits per heavy atom. The van der Waals surface area contributed by atoms with Crippen LogP contribution in [0, 0.1) is 5.92 Å². The molecule has 3 N–H and O–H groups in total. The Balaban J connectivity index is 0.00000320. The van der Waals surface area contributed by atoms with Crippen LogP contribution in [-0.2, 0) is 11.3 Å². The van der Waals surface area contributed by atoms with Crippen LogP contribution in [0.1, 0.15) is 37.3 Å². The van der Waals surface area contributed by atoms with Gasteiger partial charge in [0.1, 0.15) is 5.75 Å². The first-order valence-corrected chi connectivity index (χ1v) is 10.1. The van der Waals surface area contributed by atoms with E-state index in [0.717, 1.165) is 22.6 Å². The van der Waals surface area contributed by atoms with Gasteiger partial charge in [-0.1, -0.05) is 44.2 Å². The first-order chi connectivity index (χ1) is 14.0. The van der Waals surface area contributed by atoms with E-state index in [2.05, 4.69) is 46.9 Å². The fourth-order valence-corrected chi connectivity index (χ4v) is 3.32. The zero-order chi connectivity index (χ0) is 20.6. The maximum absolute atomic E-state index is 12.0. The van der Waals surface area contributed by atoms with Crippen molar-refractivity contribution in [1.29, 1.82) is 0 Å². The van der Waals surface area contributed by atoms with Gasteiger partial charge in [0.2, 0.25) is 5.91 Å². The molecule has 2 aromatic carbocycles. The van der Waals surface area contributed by atoms with Crippen LogP contribution < -0.4 is 20.7 Å². The lowest BCUT2D eigenvalue weighted by Crippen LogP contribution is -2.40. The normalized spacial score (nSPS) is 15.7. The highest BCUT2D eigenvalue weighted by Crippen LogP contribution is 2.31. The number of ether oxygens (including phenoxy) is 1. The van der Waals surface area contributed by atoms with E-state index in [4.69, 9.17) is 4.74 Å². The maximum Gasteiger partial charge on any atom is 0.225 e. The third kappa shape index (κ3) is 6.90. The van der Waals surface area contributed by atoms with E-state index >= 15 is 0 Å². The lowest BCUT2D eigenvalue weighted by Gasteiger charge is -2.26. The number of aliphatic imine (C=N–C) groups is 1. The molecule has 30 heavy (non-hydrogen) atoms. The molecule has 0 aromatic heterocycles. The summed E-state index contributed by atoms with van der Waals surface area (Å²) in [6.45, 7) is 6.25. The highest BCUT2D eigenvalue weighted by atomic mass is 127. The molecule has 0 saturated heterocycles. The van der Waals surface area contributed by atoms with Gasteiger partial charge in [-0.3, -0.25) is 9.79 Å². The lowest BCUT2D eigenvalue weighted by atomic mass is 9.90. The summed E-state index contributed by atoms with van der Waals surface area (Å²) in [7, 11) is 1.75. The smallest absolute Gasteiger partial charge is 0.225 e. The van der Waals surface area contributed by atoms with Crippen molar-refractivity contribution in [2.24, 2.45) is 10.9 Å². The van der Waals surface area contributed by atoms with E-state index in [-0.39, 0.29) is 35.8 Å². The minimum Gasteiger partial charge on any atom is -0.493 e. The third-order valence-corrected chi connectivity index (χ3v) is 4.79. The lowest BCUT2D eigenvalue weighted by molar-refractivity contribution is -0.116. The second-order valence-corrected chi connectivity index (χ2v) is 7.70. The molecular weight excluding hydrogens is 491 g/mol. The van der Waals surface area contributed by atoms with Gasteiger partial charge in [-0.15, -0.1) is 24.0 Å². The molecule has 1 unspecified atom stereocenters. The first-order valence-electron chi connectivity index (χ1n) is 10.1. The summed E-state index contributed by atoms with van der Waals surface area (Å²) in [6, 6.07) is 16.0. The summed E-state index contributed by atoms with van der Waals surface area (Å²) >= 11 is 0. The van der Waals surface area contributed by atoms with Gasteiger partial charge in [-0.05, 0) is 35.2 Å². The SMILES string of the molecule is CN=C(NCc1cccc(OCC(C)C)c1)NCC1CC(=O)Nc2ccccc21.I. The van der Waals surface area contributed by atoms with Crippen LogP contribution in [0.2, 0.25) is 0 Å². The number of benzene rings is 2. The summed E-state index contributed by atoms with van der Waals surface area (Å²) in [5.74, 6) is 2.25. The van der Waals surface area contributed by atoms with Crippen molar-refractivity contribution >= 4 is 41.5 Å². The number of hydrogen-bond acceptors (Lipinski definition) is 3. The summed E-state index contributed by atoms with van der Waals surface area (Å²) in [5.41, 5.74) is 3.18. The van der Waals surface area contributed by atoms with Crippen molar-refractivity contribution in [2.45, 2.75) is 32.7 Å². The predicted octanol–water partition coefficient (Wildman–Crippen LogP) is 4.13. The molecular formula is C23H31IN4O2. The van der Waals surface area contributed by atoms with Gasteiger partial charge in [0.25, 0.3) is 0 Å². The Labute approximate surface area is 195 Å². The molecule has 1 atom stereocenters. The summed E-state index contributed by atoms with van der Waals surface area (Å²) in [4.78, 5) is 16.3. The van der Waals surface area contributed by atoms with Crippen molar-refractivity contribution < 1.29 is 9.53 Å². The number of hydrogen-bond donors (Lipinski definition) is 3. The van der Waals surface area contributed by atoms with Crippen LogP contribution in [0.4, 0.5) is 5.69 Å². The van der Waals surface area contributed by atoms with E-state index < -0.39 is 0 Å². The minimum atomic E-state index is 0. The molecule has 0 fully saturated rings. The molecule has 1 amide bonds. The Morgan fingerprint density at radius 1 is 1.20 bits per heavy atom. The second-order valence-electron chi connectivity index (χ2n) is 7.70. The fourth-order valence-electron chi connectivity index (χ4n) is 3.32. The number of nitrogens with one attached hydrogen (secondary N) is 3. The molecule has 1 aliphatic rings. The Morgan fingerprint density at radius 2 is 2.00 bits per heavy atom. The van der Waals surface area contributed by atoms with Crippen LogP contribution in [0.3, 0.4) is 0 Å². The third-order valence-electron chi connectivity index (χ3n) is 4.79. The van der Waals surface area contributed by atoms with Crippen molar-refractivity contribution in [3.8, 4) is 5.75 Å². The largest absolute Gasteiger partial charge is 0.493 e. The van der Waals surface area contributed by atoms with Crippen molar-refractivity contribution in [3.63, 3.8) is 0 Å². The number of guanidine groups is 1. The van der Waals surface area contributed by atoms with E-state index in [0.29, 0.717) is 38.0 Å². The zero-order valence-electron chi connectivity index (χ0n) is 17.8. The molecule has 0 spiro atoms. The molecule has 2 aromatic rings. The molecule has 0 bridgehead atoms.